The van der Waals surface area contributed by atoms with Crippen LogP contribution >= 0.6 is 11.3 Å². The van der Waals surface area contributed by atoms with E-state index in [9.17, 15) is 17.2 Å². The number of nitrogens with one attached hydrogen (secondary N) is 1. The molecule has 0 unspecified atom stereocenters. The summed E-state index contributed by atoms with van der Waals surface area (Å²) < 4.78 is 47.0. The van der Waals surface area contributed by atoms with Crippen molar-refractivity contribution < 1.29 is 17.2 Å². The van der Waals surface area contributed by atoms with Crippen molar-refractivity contribution >= 4 is 26.5 Å². The maximum absolute atomic E-state index is 11.7. The fourth-order valence-electron chi connectivity index (χ4n) is 0.563. The molecule has 0 aliphatic carbocycles. The van der Waals surface area contributed by atoms with E-state index in [2.05, 4.69) is 10.2 Å². The van der Waals surface area contributed by atoms with Crippen molar-refractivity contribution in [1.82, 2.24) is 14.9 Å². The Morgan fingerprint density at radius 3 is 2.57 bits per heavy atom. The summed E-state index contributed by atoms with van der Waals surface area (Å²) in [5.74, 6) is 0. The molecule has 80 valence electrons. The zero-order valence-electron chi connectivity index (χ0n) is 6.65. The molecule has 1 aromatic heterocycles. The predicted octanol–water partition coefficient (Wildman–Crippen LogP) is -0.336. The highest BCUT2D eigenvalue weighted by atomic mass is 32.2. The number of rotatable bonds is 4. The molecule has 0 saturated heterocycles. The Hall–Kier alpha value is -0.870. The van der Waals surface area contributed by atoms with Crippen LogP contribution in [0.1, 0.15) is 0 Å². The first-order valence-electron chi connectivity index (χ1n) is 3.28. The zero-order valence-corrected chi connectivity index (χ0v) is 8.28. The Morgan fingerprint density at radius 1 is 1.50 bits per heavy atom. The van der Waals surface area contributed by atoms with Gasteiger partial charge in [0, 0.05) is 0 Å². The van der Waals surface area contributed by atoms with Gasteiger partial charge in [-0.05, 0) is 0 Å². The Balaban J connectivity index is 2.76. The number of hydrogen-bond acceptors (Lipinski definition) is 6. The van der Waals surface area contributed by atoms with Gasteiger partial charge >= 0.3 is 0 Å². The number of alkyl halides is 2. The van der Waals surface area contributed by atoms with E-state index in [1.807, 2.05) is 0 Å². The van der Waals surface area contributed by atoms with Crippen molar-refractivity contribution in [2.75, 3.05) is 12.3 Å². The first-order chi connectivity index (χ1) is 6.42. The molecule has 0 saturated carbocycles. The van der Waals surface area contributed by atoms with Crippen LogP contribution in [0.25, 0.3) is 0 Å². The molecule has 0 spiro atoms. The molecule has 1 heterocycles. The highest BCUT2D eigenvalue weighted by Crippen LogP contribution is 2.16. The number of nitrogen functional groups attached to an aromatic ring is 1. The molecule has 1 rings (SSSR count). The molecule has 0 aliphatic heterocycles. The van der Waals surface area contributed by atoms with Gasteiger partial charge in [0.1, 0.15) is 0 Å². The van der Waals surface area contributed by atoms with E-state index in [0.717, 1.165) is 0 Å². The van der Waals surface area contributed by atoms with Crippen molar-refractivity contribution in [1.29, 1.82) is 0 Å². The fraction of sp³-hybridized carbons (Fsp3) is 0.500. The average Bonchev–Trinajstić information content (AvgIpc) is 2.49. The Labute approximate surface area is 82.2 Å². The van der Waals surface area contributed by atoms with Gasteiger partial charge in [-0.25, -0.2) is 21.9 Å². The third-order valence-electron chi connectivity index (χ3n) is 1.08. The SMILES string of the molecule is Nc1nnc(S(=O)(=O)NCC(F)F)s1. The summed E-state index contributed by atoms with van der Waals surface area (Å²) in [4.78, 5) is 0. The molecule has 0 fully saturated rings. The number of aromatic nitrogens is 2. The topological polar surface area (TPSA) is 98.0 Å². The molecular weight excluding hydrogens is 238 g/mol. The van der Waals surface area contributed by atoms with Crippen LogP contribution in [0.5, 0.6) is 0 Å². The lowest BCUT2D eigenvalue weighted by Crippen LogP contribution is -2.28. The standard InChI is InChI=1S/C4H6F2N4O2S2/c5-2(6)1-8-14(11,12)4-10-9-3(7)13-4/h2,8H,1H2,(H2,7,9). The number of nitrogens with two attached hydrogens (primary N) is 1. The number of halogens is 2. The maximum Gasteiger partial charge on any atom is 0.270 e. The van der Waals surface area contributed by atoms with Gasteiger partial charge in [0.2, 0.25) is 9.47 Å². The van der Waals surface area contributed by atoms with Crippen LogP contribution in [0.4, 0.5) is 13.9 Å². The van der Waals surface area contributed by atoms with Crippen molar-refractivity contribution in [3.63, 3.8) is 0 Å². The number of hydrogen-bond donors (Lipinski definition) is 2. The highest BCUT2D eigenvalue weighted by molar-refractivity contribution is 7.91. The van der Waals surface area contributed by atoms with E-state index in [4.69, 9.17) is 5.73 Å². The minimum atomic E-state index is -4.00. The molecule has 10 heteroatoms. The largest absolute Gasteiger partial charge is 0.374 e. The van der Waals surface area contributed by atoms with Gasteiger partial charge in [-0.3, -0.25) is 0 Å². The molecule has 1 aromatic rings. The summed E-state index contributed by atoms with van der Waals surface area (Å²) in [6.45, 7) is -0.957. The van der Waals surface area contributed by atoms with E-state index >= 15 is 0 Å². The summed E-state index contributed by atoms with van der Waals surface area (Å²) in [6.07, 6.45) is -2.75. The van der Waals surface area contributed by atoms with Crippen LogP contribution < -0.4 is 10.5 Å². The molecule has 0 amide bonds. The van der Waals surface area contributed by atoms with E-state index in [1.165, 1.54) is 0 Å². The van der Waals surface area contributed by atoms with Gasteiger partial charge in [-0.15, -0.1) is 10.2 Å². The van der Waals surface area contributed by atoms with Crippen LogP contribution in [-0.4, -0.2) is 31.6 Å². The van der Waals surface area contributed by atoms with E-state index in [0.29, 0.717) is 11.3 Å². The quantitative estimate of drug-likeness (QED) is 0.755. The predicted molar refractivity (Wildman–Crippen MR) is 45.5 cm³/mol. The smallest absolute Gasteiger partial charge is 0.270 e. The number of sulfonamides is 1. The molecule has 0 aliphatic rings. The van der Waals surface area contributed by atoms with E-state index in [-0.39, 0.29) is 5.13 Å². The van der Waals surface area contributed by atoms with Gasteiger partial charge < -0.3 is 5.73 Å². The fourth-order valence-corrected chi connectivity index (χ4v) is 2.39. The van der Waals surface area contributed by atoms with Gasteiger partial charge in [0.05, 0.1) is 6.54 Å². The van der Waals surface area contributed by atoms with Gasteiger partial charge in [0.15, 0.2) is 0 Å². The van der Waals surface area contributed by atoms with Crippen LogP contribution in [0.15, 0.2) is 4.34 Å². The molecule has 0 aromatic carbocycles. The Morgan fingerprint density at radius 2 is 2.14 bits per heavy atom. The summed E-state index contributed by atoms with van der Waals surface area (Å²) in [6, 6.07) is 0. The van der Waals surface area contributed by atoms with Crippen LogP contribution in [0, 0.1) is 0 Å². The lowest BCUT2D eigenvalue weighted by Gasteiger charge is -2.00. The summed E-state index contributed by atoms with van der Waals surface area (Å²) in [5, 5.41) is 6.42. The summed E-state index contributed by atoms with van der Waals surface area (Å²) in [7, 11) is -4.00. The molecule has 6 nitrogen and oxygen atoms in total. The highest BCUT2D eigenvalue weighted by Gasteiger charge is 2.20. The van der Waals surface area contributed by atoms with Crippen LogP contribution in [-0.2, 0) is 10.0 Å². The Kier molecular flexibility index (Phi) is 3.29. The van der Waals surface area contributed by atoms with Gasteiger partial charge in [0.25, 0.3) is 16.4 Å². The third-order valence-corrected chi connectivity index (χ3v) is 3.62. The summed E-state index contributed by atoms with van der Waals surface area (Å²) in [5.41, 5.74) is 5.14. The van der Waals surface area contributed by atoms with Crippen molar-refractivity contribution in [2.45, 2.75) is 10.8 Å². The third kappa shape index (κ3) is 2.82. The van der Waals surface area contributed by atoms with E-state index in [1.54, 1.807) is 4.72 Å². The molecule has 3 N–H and O–H groups in total. The van der Waals surface area contributed by atoms with Gasteiger partial charge in [-0.1, -0.05) is 11.3 Å². The second-order valence-electron chi connectivity index (χ2n) is 2.15. The second-order valence-corrected chi connectivity index (χ2v) is 5.10. The Bertz CT molecular complexity index is 403. The van der Waals surface area contributed by atoms with Crippen LogP contribution in [0.3, 0.4) is 0 Å². The molecule has 0 atom stereocenters. The van der Waals surface area contributed by atoms with E-state index < -0.39 is 27.3 Å². The zero-order chi connectivity index (χ0) is 10.8. The van der Waals surface area contributed by atoms with Crippen LogP contribution in [0.2, 0.25) is 0 Å². The minimum absolute atomic E-state index is 0.0394. The lowest BCUT2D eigenvalue weighted by molar-refractivity contribution is 0.153. The normalized spacial score (nSPS) is 12.2. The lowest BCUT2D eigenvalue weighted by atomic mass is 10.7. The molecule has 0 radical (unpaired) electrons. The second kappa shape index (κ2) is 4.11. The average molecular weight is 244 g/mol. The minimum Gasteiger partial charge on any atom is -0.374 e. The molecule has 0 bridgehead atoms. The molecule has 14 heavy (non-hydrogen) atoms. The molecular formula is C4H6F2N4O2S2. The first-order valence-corrected chi connectivity index (χ1v) is 5.58. The number of anilines is 1. The van der Waals surface area contributed by atoms with Crippen molar-refractivity contribution in [3.8, 4) is 0 Å². The number of nitrogens with zero attached hydrogens (tertiary/aromatic N) is 2. The maximum atomic E-state index is 11.7. The monoisotopic (exact) mass is 244 g/mol. The van der Waals surface area contributed by atoms with Gasteiger partial charge in [-0.2, -0.15) is 0 Å². The first kappa shape index (κ1) is 11.2. The summed E-state index contributed by atoms with van der Waals surface area (Å²) >= 11 is 0.607. The van der Waals surface area contributed by atoms with Crippen molar-refractivity contribution in [2.24, 2.45) is 0 Å². The van der Waals surface area contributed by atoms with Crippen molar-refractivity contribution in [3.05, 3.63) is 0 Å².